The molecule has 0 fully saturated rings. The molecule has 2 rings (SSSR count). The van der Waals surface area contributed by atoms with E-state index in [-0.39, 0.29) is 5.91 Å². The maximum Gasteiger partial charge on any atom is 0.248 e. The molecule has 0 unspecified atom stereocenters. The van der Waals surface area contributed by atoms with Crippen LogP contribution in [0, 0.1) is 6.92 Å². The largest absolute Gasteiger partial charge is 0.366 e. The fourth-order valence-corrected chi connectivity index (χ4v) is 3.04. The third-order valence-electron chi connectivity index (χ3n) is 2.65. The molecule has 0 aliphatic carbocycles. The summed E-state index contributed by atoms with van der Waals surface area (Å²) >= 11 is 2.64. The van der Waals surface area contributed by atoms with Gasteiger partial charge in [0.2, 0.25) is 11.8 Å². The van der Waals surface area contributed by atoms with E-state index in [0.717, 1.165) is 11.4 Å². The summed E-state index contributed by atoms with van der Waals surface area (Å²) in [7, 11) is 0. The Balaban J connectivity index is 1.83. The van der Waals surface area contributed by atoms with E-state index in [9.17, 15) is 9.59 Å². The van der Waals surface area contributed by atoms with Crippen LogP contribution in [0.3, 0.4) is 0 Å². The van der Waals surface area contributed by atoms with Gasteiger partial charge in [0.05, 0.1) is 28.9 Å². The van der Waals surface area contributed by atoms with E-state index >= 15 is 0 Å². The van der Waals surface area contributed by atoms with Crippen molar-refractivity contribution in [3.8, 4) is 0 Å². The van der Waals surface area contributed by atoms with Crippen LogP contribution in [0.15, 0.2) is 24.3 Å². The number of rotatable bonds is 6. The van der Waals surface area contributed by atoms with E-state index in [0.29, 0.717) is 22.8 Å². The number of aromatic nitrogens is 2. The number of carbonyl (C=O) groups excluding carboxylic acids is 2. The van der Waals surface area contributed by atoms with Crippen LogP contribution in [-0.4, -0.2) is 26.3 Å². The molecule has 1 aromatic heterocycles. The van der Waals surface area contributed by atoms with Crippen LogP contribution in [0.25, 0.3) is 0 Å². The number of amides is 2. The number of thioether (sulfide) groups is 1. The van der Waals surface area contributed by atoms with Gasteiger partial charge in [-0.05, 0) is 25.1 Å². The van der Waals surface area contributed by atoms with E-state index in [4.69, 9.17) is 5.73 Å². The Kier molecular flexibility index (Phi) is 5.29. The highest BCUT2D eigenvalue weighted by Crippen LogP contribution is 2.15. The molecular weight excluding hydrogens is 308 g/mol. The Morgan fingerprint density at radius 2 is 2.19 bits per heavy atom. The number of carbonyl (C=O) groups is 2. The number of benzene rings is 1. The van der Waals surface area contributed by atoms with Crippen molar-refractivity contribution in [1.82, 2.24) is 8.75 Å². The number of aryl methyl sites for hydroxylation is 1. The SMILES string of the molecule is Cc1nsnc1CSCC(=O)Nc1cccc(C(N)=O)c1. The maximum absolute atomic E-state index is 11.8. The number of nitrogens with two attached hydrogens (primary N) is 1. The predicted molar refractivity (Wildman–Crippen MR) is 84.4 cm³/mol. The number of hydrogen-bond acceptors (Lipinski definition) is 6. The molecule has 0 saturated carbocycles. The molecule has 2 aromatic rings. The molecule has 110 valence electrons. The normalized spacial score (nSPS) is 10.3. The van der Waals surface area contributed by atoms with Gasteiger partial charge in [-0.1, -0.05) is 6.07 Å². The Morgan fingerprint density at radius 1 is 1.38 bits per heavy atom. The van der Waals surface area contributed by atoms with Crippen LogP contribution in [0.5, 0.6) is 0 Å². The van der Waals surface area contributed by atoms with Crippen LogP contribution in [-0.2, 0) is 10.5 Å². The van der Waals surface area contributed by atoms with Crippen LogP contribution in [0.4, 0.5) is 5.69 Å². The van der Waals surface area contributed by atoms with E-state index in [2.05, 4.69) is 14.1 Å². The summed E-state index contributed by atoms with van der Waals surface area (Å²) in [6.07, 6.45) is 0. The van der Waals surface area contributed by atoms with Gasteiger partial charge in [-0.25, -0.2) is 0 Å². The zero-order chi connectivity index (χ0) is 15.2. The smallest absolute Gasteiger partial charge is 0.248 e. The first-order chi connectivity index (χ1) is 10.1. The molecule has 0 aliphatic heterocycles. The highest BCUT2D eigenvalue weighted by atomic mass is 32.2. The van der Waals surface area contributed by atoms with Crippen molar-refractivity contribution in [3.05, 3.63) is 41.2 Å². The van der Waals surface area contributed by atoms with Gasteiger partial charge in [-0.2, -0.15) is 8.75 Å². The quantitative estimate of drug-likeness (QED) is 0.845. The van der Waals surface area contributed by atoms with Crippen LogP contribution in [0.2, 0.25) is 0 Å². The average Bonchev–Trinajstić information content (AvgIpc) is 2.85. The highest BCUT2D eigenvalue weighted by Gasteiger charge is 2.08. The average molecular weight is 322 g/mol. The van der Waals surface area contributed by atoms with E-state index in [1.54, 1.807) is 24.3 Å². The van der Waals surface area contributed by atoms with Gasteiger partial charge in [-0.3, -0.25) is 9.59 Å². The zero-order valence-electron chi connectivity index (χ0n) is 11.3. The van der Waals surface area contributed by atoms with Crippen LogP contribution in [0.1, 0.15) is 21.7 Å². The Morgan fingerprint density at radius 3 is 2.86 bits per heavy atom. The van der Waals surface area contributed by atoms with Crippen LogP contribution >= 0.6 is 23.5 Å². The van der Waals surface area contributed by atoms with Crippen molar-refractivity contribution in [1.29, 1.82) is 0 Å². The molecule has 8 heteroatoms. The minimum absolute atomic E-state index is 0.137. The van der Waals surface area contributed by atoms with E-state index in [1.807, 2.05) is 6.92 Å². The lowest BCUT2D eigenvalue weighted by molar-refractivity contribution is -0.113. The highest BCUT2D eigenvalue weighted by molar-refractivity contribution is 7.99. The van der Waals surface area contributed by atoms with Crippen molar-refractivity contribution in [2.75, 3.05) is 11.1 Å². The molecule has 2 amide bonds. The molecule has 3 N–H and O–H groups in total. The predicted octanol–water partition coefficient (Wildman–Crippen LogP) is 1.82. The lowest BCUT2D eigenvalue weighted by Crippen LogP contribution is -2.16. The summed E-state index contributed by atoms with van der Waals surface area (Å²) in [5.41, 5.74) is 7.93. The van der Waals surface area contributed by atoms with Gasteiger partial charge in [0.1, 0.15) is 0 Å². The van der Waals surface area contributed by atoms with Gasteiger partial charge in [-0.15, -0.1) is 11.8 Å². The second-order valence-electron chi connectivity index (χ2n) is 4.28. The molecule has 1 heterocycles. The van der Waals surface area contributed by atoms with Crippen molar-refractivity contribution in [2.24, 2.45) is 5.73 Å². The third-order valence-corrected chi connectivity index (χ3v) is 4.25. The first-order valence-corrected chi connectivity index (χ1v) is 8.00. The van der Waals surface area contributed by atoms with Gasteiger partial charge in [0.25, 0.3) is 0 Å². The molecule has 0 bridgehead atoms. The fourth-order valence-electron chi connectivity index (χ4n) is 1.57. The summed E-state index contributed by atoms with van der Waals surface area (Å²) in [5, 5.41) is 2.73. The van der Waals surface area contributed by atoms with Gasteiger partial charge < -0.3 is 11.1 Å². The summed E-state index contributed by atoms with van der Waals surface area (Å²) in [5.74, 6) is 0.295. The number of nitrogens with zero attached hydrogens (tertiary/aromatic N) is 2. The molecule has 0 aliphatic rings. The first-order valence-electron chi connectivity index (χ1n) is 6.12. The van der Waals surface area contributed by atoms with Crippen molar-refractivity contribution in [3.63, 3.8) is 0 Å². The Labute approximate surface area is 130 Å². The summed E-state index contributed by atoms with van der Waals surface area (Å²) in [6, 6.07) is 6.54. The molecule has 0 radical (unpaired) electrons. The monoisotopic (exact) mass is 322 g/mol. The summed E-state index contributed by atoms with van der Waals surface area (Å²) in [6.45, 7) is 1.90. The lowest BCUT2D eigenvalue weighted by atomic mass is 10.2. The Bertz CT molecular complexity index is 657. The number of anilines is 1. The topological polar surface area (TPSA) is 98.0 Å². The lowest BCUT2D eigenvalue weighted by Gasteiger charge is -2.06. The molecular formula is C13H14N4O2S2. The third kappa shape index (κ3) is 4.54. The standard InChI is InChI=1S/C13H14N4O2S2/c1-8-11(17-21-16-8)6-20-7-12(18)15-10-4-2-3-9(5-10)13(14)19/h2-5H,6-7H2,1H3,(H2,14,19)(H,15,18). The van der Waals surface area contributed by atoms with E-state index < -0.39 is 5.91 Å². The van der Waals surface area contributed by atoms with Crippen LogP contribution < -0.4 is 11.1 Å². The van der Waals surface area contributed by atoms with Gasteiger partial charge in [0.15, 0.2) is 0 Å². The number of primary amides is 1. The molecule has 0 spiro atoms. The van der Waals surface area contributed by atoms with Crippen molar-refractivity contribution >= 4 is 41.0 Å². The van der Waals surface area contributed by atoms with E-state index in [1.165, 1.54) is 23.5 Å². The maximum atomic E-state index is 11.8. The minimum Gasteiger partial charge on any atom is -0.366 e. The second kappa shape index (κ2) is 7.19. The molecule has 0 saturated heterocycles. The van der Waals surface area contributed by atoms with Gasteiger partial charge >= 0.3 is 0 Å². The van der Waals surface area contributed by atoms with Crippen molar-refractivity contribution < 1.29 is 9.59 Å². The second-order valence-corrected chi connectivity index (χ2v) is 5.80. The zero-order valence-corrected chi connectivity index (χ0v) is 13.0. The molecule has 0 atom stereocenters. The number of hydrogen-bond donors (Lipinski definition) is 2. The number of nitrogens with one attached hydrogen (secondary N) is 1. The minimum atomic E-state index is -0.521. The first kappa shape index (κ1) is 15.5. The van der Waals surface area contributed by atoms with Crippen molar-refractivity contribution in [2.45, 2.75) is 12.7 Å². The Hall–Kier alpha value is -1.93. The van der Waals surface area contributed by atoms with Gasteiger partial charge in [0, 0.05) is 17.0 Å². The fraction of sp³-hybridized carbons (Fsp3) is 0.231. The molecule has 1 aromatic carbocycles. The molecule has 6 nitrogen and oxygen atoms in total. The summed E-state index contributed by atoms with van der Waals surface area (Å²) < 4.78 is 8.24. The summed E-state index contributed by atoms with van der Waals surface area (Å²) in [4.78, 5) is 22.9. The molecule has 21 heavy (non-hydrogen) atoms.